The van der Waals surface area contributed by atoms with Crippen molar-refractivity contribution in [3.63, 3.8) is 0 Å². The largest absolute Gasteiger partial charge is 0.480 e. The Labute approximate surface area is 64.1 Å². The molecule has 0 aliphatic carbocycles. The average molecular weight is 179 g/mol. The molecule has 6 heteroatoms. The quantitative estimate of drug-likeness (QED) is 0.515. The molecule has 0 spiro atoms. The summed E-state index contributed by atoms with van der Waals surface area (Å²) in [5, 5.41) is 7.15. The van der Waals surface area contributed by atoms with Gasteiger partial charge in [0.1, 0.15) is 0 Å². The van der Waals surface area contributed by atoms with Gasteiger partial charge in [0.2, 0.25) is 0 Å². The Morgan fingerprint density at radius 2 is 2.09 bits per heavy atom. The van der Waals surface area contributed by atoms with Crippen molar-refractivity contribution in [2.45, 2.75) is 17.7 Å². The van der Waals surface area contributed by atoms with Gasteiger partial charge in [-0.05, 0) is 6.42 Å². The van der Waals surface area contributed by atoms with E-state index in [1.165, 1.54) is 0 Å². The van der Waals surface area contributed by atoms with Crippen molar-refractivity contribution >= 4 is 15.8 Å². The number of carbonyl (C=O) groups is 1. The molecule has 0 bridgehead atoms. The molecule has 1 heterocycles. The summed E-state index contributed by atoms with van der Waals surface area (Å²) < 4.78 is 21.9. The minimum Gasteiger partial charge on any atom is -0.480 e. The smallest absolute Gasteiger partial charge is 0.321 e. The predicted molar refractivity (Wildman–Crippen MR) is 37.8 cm³/mol. The van der Waals surface area contributed by atoms with Crippen LogP contribution in [-0.4, -0.2) is 36.5 Å². The second-order valence-electron chi connectivity index (χ2n) is 2.65. The highest BCUT2D eigenvalue weighted by molar-refractivity contribution is 7.93. The third kappa shape index (κ3) is 1.51. The maximum atomic E-state index is 11.0. The van der Waals surface area contributed by atoms with Crippen LogP contribution in [0.5, 0.6) is 0 Å². The zero-order chi connectivity index (χ0) is 8.65. The normalized spacial score (nSPS) is 35.4. The summed E-state index contributed by atoms with van der Waals surface area (Å²) in [7, 11) is -3.46. The molecule has 1 aliphatic rings. The third-order valence-corrected chi connectivity index (χ3v) is 3.83. The van der Waals surface area contributed by atoms with Crippen LogP contribution in [0.2, 0.25) is 0 Å². The Kier molecular flexibility index (Phi) is 1.89. The first kappa shape index (κ1) is 8.48. The van der Waals surface area contributed by atoms with E-state index in [0.717, 1.165) is 0 Å². The second kappa shape index (κ2) is 2.46. The van der Waals surface area contributed by atoms with Crippen molar-refractivity contribution in [2.75, 3.05) is 5.75 Å². The fourth-order valence-electron chi connectivity index (χ4n) is 1.16. The lowest BCUT2D eigenvalue weighted by Crippen LogP contribution is -2.25. The molecule has 1 fully saturated rings. The van der Waals surface area contributed by atoms with Gasteiger partial charge in [-0.3, -0.25) is 4.79 Å². The number of carboxylic acid groups (broad SMARTS) is 1. The topological polar surface area (TPSA) is 97.5 Å². The molecule has 0 amide bonds. The minimum absolute atomic E-state index is 0.0394. The van der Waals surface area contributed by atoms with Crippen molar-refractivity contribution in [1.82, 2.24) is 0 Å². The first-order valence-electron chi connectivity index (χ1n) is 3.13. The van der Waals surface area contributed by atoms with E-state index in [4.69, 9.17) is 10.8 Å². The van der Waals surface area contributed by atoms with Gasteiger partial charge in [0.25, 0.3) is 0 Å². The molecule has 1 rings (SSSR count). The van der Waals surface area contributed by atoms with E-state index in [0.29, 0.717) is 0 Å². The number of rotatable bonds is 1. The van der Waals surface area contributed by atoms with Gasteiger partial charge in [-0.2, -0.15) is 0 Å². The van der Waals surface area contributed by atoms with Gasteiger partial charge < -0.3 is 10.8 Å². The fourth-order valence-corrected chi connectivity index (χ4v) is 2.97. The molecule has 2 atom stereocenters. The number of hydrogen-bond acceptors (Lipinski definition) is 4. The van der Waals surface area contributed by atoms with Gasteiger partial charge in [0.15, 0.2) is 15.1 Å². The molecule has 3 N–H and O–H groups in total. The standard InChI is InChI=1S/C5H9NO4S/c6-3-1-4(5(7)8)11(9,10)2-3/h3-4H,1-2,6H2,(H,7,8). The van der Waals surface area contributed by atoms with Crippen LogP contribution in [0.3, 0.4) is 0 Å². The Bertz CT molecular complexity index is 270. The molecule has 11 heavy (non-hydrogen) atoms. The lowest BCUT2D eigenvalue weighted by atomic mass is 10.2. The summed E-state index contributed by atoms with van der Waals surface area (Å²) in [6.45, 7) is 0. The van der Waals surface area contributed by atoms with Crippen LogP contribution in [-0.2, 0) is 14.6 Å². The number of sulfone groups is 1. The first-order chi connectivity index (χ1) is 4.93. The lowest BCUT2D eigenvalue weighted by molar-refractivity contribution is -0.136. The van der Waals surface area contributed by atoms with Crippen LogP contribution in [0.1, 0.15) is 6.42 Å². The highest BCUT2D eigenvalue weighted by Crippen LogP contribution is 2.18. The van der Waals surface area contributed by atoms with Crippen LogP contribution < -0.4 is 5.73 Å². The van der Waals surface area contributed by atoms with Crippen molar-refractivity contribution in [1.29, 1.82) is 0 Å². The summed E-state index contributed by atoms with van der Waals surface area (Å²) in [5.74, 6) is -1.50. The Hall–Kier alpha value is -0.620. The predicted octanol–water partition coefficient (Wildman–Crippen LogP) is -1.41. The summed E-state index contributed by atoms with van der Waals surface area (Å²) in [6, 6.07) is -0.513. The van der Waals surface area contributed by atoms with Crippen LogP contribution >= 0.6 is 0 Å². The lowest BCUT2D eigenvalue weighted by Gasteiger charge is -1.99. The minimum atomic E-state index is -3.46. The first-order valence-corrected chi connectivity index (χ1v) is 4.85. The summed E-state index contributed by atoms with van der Waals surface area (Å²) in [6.07, 6.45) is 0.0394. The van der Waals surface area contributed by atoms with Gasteiger partial charge in [0.05, 0.1) is 5.75 Å². The zero-order valence-corrected chi connectivity index (χ0v) is 6.54. The van der Waals surface area contributed by atoms with Gasteiger partial charge in [-0.15, -0.1) is 0 Å². The van der Waals surface area contributed by atoms with E-state index in [2.05, 4.69) is 0 Å². The van der Waals surface area contributed by atoms with E-state index in [1.807, 2.05) is 0 Å². The highest BCUT2D eigenvalue weighted by atomic mass is 32.2. The van der Waals surface area contributed by atoms with Gasteiger partial charge in [-0.25, -0.2) is 8.42 Å². The van der Waals surface area contributed by atoms with Crippen LogP contribution in [0.25, 0.3) is 0 Å². The zero-order valence-electron chi connectivity index (χ0n) is 5.73. The van der Waals surface area contributed by atoms with Crippen molar-refractivity contribution < 1.29 is 18.3 Å². The molecule has 0 radical (unpaired) electrons. The van der Waals surface area contributed by atoms with Gasteiger partial charge >= 0.3 is 5.97 Å². The SMILES string of the molecule is NC1CC(C(=O)O)S(=O)(=O)C1. The van der Waals surface area contributed by atoms with Gasteiger partial charge in [-0.1, -0.05) is 0 Å². The van der Waals surface area contributed by atoms with E-state index in [9.17, 15) is 13.2 Å². The molecule has 0 aromatic heterocycles. The summed E-state index contributed by atoms with van der Waals surface area (Å²) >= 11 is 0. The van der Waals surface area contributed by atoms with E-state index < -0.39 is 27.1 Å². The maximum absolute atomic E-state index is 11.0. The van der Waals surface area contributed by atoms with Gasteiger partial charge in [0, 0.05) is 6.04 Å². The van der Waals surface area contributed by atoms with Crippen molar-refractivity contribution in [2.24, 2.45) is 5.73 Å². The van der Waals surface area contributed by atoms with Crippen LogP contribution in [0.15, 0.2) is 0 Å². The third-order valence-electron chi connectivity index (χ3n) is 1.67. The van der Waals surface area contributed by atoms with Crippen molar-refractivity contribution in [3.05, 3.63) is 0 Å². The molecule has 5 nitrogen and oxygen atoms in total. The molecule has 2 unspecified atom stereocenters. The maximum Gasteiger partial charge on any atom is 0.321 e. The number of nitrogens with two attached hydrogens (primary N) is 1. The molecule has 0 aromatic rings. The van der Waals surface area contributed by atoms with E-state index in [-0.39, 0.29) is 12.2 Å². The van der Waals surface area contributed by atoms with E-state index in [1.54, 1.807) is 0 Å². The van der Waals surface area contributed by atoms with Crippen LogP contribution in [0.4, 0.5) is 0 Å². The Morgan fingerprint density at radius 1 is 1.55 bits per heavy atom. The second-order valence-corrected chi connectivity index (χ2v) is 4.88. The Morgan fingerprint density at radius 3 is 2.27 bits per heavy atom. The van der Waals surface area contributed by atoms with Crippen LogP contribution in [0, 0.1) is 0 Å². The van der Waals surface area contributed by atoms with Crippen molar-refractivity contribution in [3.8, 4) is 0 Å². The molecular weight excluding hydrogens is 170 g/mol. The summed E-state index contributed by atoms with van der Waals surface area (Å²) in [5.41, 5.74) is 5.30. The highest BCUT2D eigenvalue weighted by Gasteiger charge is 2.41. The molecule has 1 aliphatic heterocycles. The summed E-state index contributed by atoms with van der Waals surface area (Å²) in [4.78, 5) is 10.3. The molecule has 1 saturated heterocycles. The monoisotopic (exact) mass is 179 g/mol. The molecule has 0 saturated carbocycles. The molecule has 0 aromatic carbocycles. The number of hydrogen-bond donors (Lipinski definition) is 2. The molecule has 64 valence electrons. The van der Waals surface area contributed by atoms with E-state index >= 15 is 0 Å². The average Bonchev–Trinajstić information content (AvgIpc) is 2.04. The Balaban J connectivity index is 2.92. The molecular formula is C5H9NO4S. The fraction of sp³-hybridized carbons (Fsp3) is 0.800. The number of carboxylic acids is 1. The number of aliphatic carboxylic acids is 1.